The molecule has 0 unspecified atom stereocenters. The number of aromatic nitrogens is 2. The zero-order valence-corrected chi connectivity index (χ0v) is 16.8. The number of ether oxygens (including phenoxy) is 1. The van der Waals surface area contributed by atoms with Gasteiger partial charge in [-0.3, -0.25) is 9.59 Å². The Morgan fingerprint density at radius 2 is 1.88 bits per heavy atom. The predicted octanol–water partition coefficient (Wildman–Crippen LogP) is 2.93. The van der Waals surface area contributed by atoms with Crippen LogP contribution in [0.1, 0.15) is 21.6 Å². The van der Waals surface area contributed by atoms with Crippen molar-refractivity contribution in [3.63, 3.8) is 0 Å². The van der Waals surface area contributed by atoms with Gasteiger partial charge in [-0.25, -0.2) is 13.8 Å². The van der Waals surface area contributed by atoms with Crippen molar-refractivity contribution in [2.45, 2.75) is 13.1 Å². The molecule has 1 amide bonds. The number of aromatic amines is 1. The van der Waals surface area contributed by atoms with Crippen molar-refractivity contribution >= 4 is 5.91 Å². The van der Waals surface area contributed by atoms with Crippen molar-refractivity contribution in [2.24, 2.45) is 0 Å². The van der Waals surface area contributed by atoms with Gasteiger partial charge in [-0.1, -0.05) is 18.2 Å². The molecular formula is C21H14F4N4O4. The Kier molecular flexibility index (Phi) is 6.34. The molecule has 0 spiro atoms. The maximum absolute atomic E-state index is 14.7. The standard InChI is InChI=1S/C21H14F4N4O4/c1-11-4-2-3-5-16(11)33-17-8-15(13(22)6-12(17)9-26)29-18(30)7-14(28-20(29)32)19(31)27-10-21(23,24)25/h2-8H,10H2,1H3,(H,27,31)(H,28,32). The van der Waals surface area contributed by atoms with E-state index >= 15 is 0 Å². The highest BCUT2D eigenvalue weighted by Gasteiger charge is 2.28. The second-order valence-corrected chi connectivity index (χ2v) is 6.74. The van der Waals surface area contributed by atoms with Gasteiger partial charge >= 0.3 is 11.9 Å². The number of nitrogens with zero attached hydrogens (tertiary/aromatic N) is 2. The number of rotatable bonds is 5. The summed E-state index contributed by atoms with van der Waals surface area (Å²) in [4.78, 5) is 38.7. The lowest BCUT2D eigenvalue weighted by Crippen LogP contribution is -2.39. The molecule has 1 aromatic heterocycles. The van der Waals surface area contributed by atoms with Crippen LogP contribution in [0.5, 0.6) is 11.5 Å². The number of para-hydroxylation sites is 1. The van der Waals surface area contributed by atoms with Crippen molar-refractivity contribution in [2.75, 3.05) is 6.54 Å². The van der Waals surface area contributed by atoms with E-state index in [0.717, 1.165) is 12.1 Å². The summed E-state index contributed by atoms with van der Waals surface area (Å²) >= 11 is 0. The molecular weight excluding hydrogens is 448 g/mol. The fourth-order valence-electron chi connectivity index (χ4n) is 2.80. The number of carbonyl (C=O) groups is 1. The molecule has 0 atom stereocenters. The Morgan fingerprint density at radius 3 is 2.48 bits per heavy atom. The first-order chi connectivity index (χ1) is 15.5. The van der Waals surface area contributed by atoms with Gasteiger partial charge in [0.1, 0.15) is 35.6 Å². The van der Waals surface area contributed by atoms with Gasteiger partial charge < -0.3 is 15.0 Å². The minimum absolute atomic E-state index is 0.151. The largest absolute Gasteiger partial charge is 0.456 e. The van der Waals surface area contributed by atoms with Gasteiger partial charge in [-0.05, 0) is 24.6 Å². The minimum atomic E-state index is -4.70. The maximum atomic E-state index is 14.7. The van der Waals surface area contributed by atoms with E-state index in [2.05, 4.69) is 0 Å². The molecule has 0 fully saturated rings. The lowest BCUT2D eigenvalue weighted by atomic mass is 10.1. The second-order valence-electron chi connectivity index (χ2n) is 6.74. The van der Waals surface area contributed by atoms with Crippen molar-refractivity contribution in [1.82, 2.24) is 14.9 Å². The molecule has 0 aliphatic carbocycles. The van der Waals surface area contributed by atoms with Gasteiger partial charge in [0, 0.05) is 12.1 Å². The number of benzene rings is 2. The van der Waals surface area contributed by atoms with E-state index < -0.39 is 47.1 Å². The van der Waals surface area contributed by atoms with Gasteiger partial charge in [0.05, 0.1) is 11.3 Å². The lowest BCUT2D eigenvalue weighted by molar-refractivity contribution is -0.123. The molecule has 0 saturated heterocycles. The van der Waals surface area contributed by atoms with E-state index in [1.807, 2.05) is 4.98 Å². The Balaban J connectivity index is 2.05. The highest BCUT2D eigenvalue weighted by molar-refractivity contribution is 5.92. The van der Waals surface area contributed by atoms with Gasteiger partial charge in [0.2, 0.25) is 0 Å². The van der Waals surface area contributed by atoms with Gasteiger partial charge in [-0.2, -0.15) is 18.4 Å². The molecule has 0 radical (unpaired) electrons. The van der Waals surface area contributed by atoms with Crippen LogP contribution in [0.25, 0.3) is 5.69 Å². The third-order valence-corrected chi connectivity index (χ3v) is 4.35. The lowest BCUT2D eigenvalue weighted by Gasteiger charge is -2.13. The van der Waals surface area contributed by atoms with Crippen molar-refractivity contribution in [1.29, 1.82) is 5.26 Å². The molecule has 8 nitrogen and oxygen atoms in total. The number of nitrogens with one attached hydrogen (secondary N) is 2. The normalized spacial score (nSPS) is 11.0. The number of carbonyl (C=O) groups excluding carboxylic acids is 1. The van der Waals surface area contributed by atoms with Gasteiger partial charge in [-0.15, -0.1) is 0 Å². The first kappa shape index (κ1) is 23.3. The van der Waals surface area contributed by atoms with E-state index in [9.17, 15) is 37.2 Å². The molecule has 33 heavy (non-hydrogen) atoms. The summed E-state index contributed by atoms with van der Waals surface area (Å²) in [5.74, 6) is -2.28. The van der Waals surface area contributed by atoms with Crippen LogP contribution in [0, 0.1) is 24.1 Å². The number of nitriles is 1. The summed E-state index contributed by atoms with van der Waals surface area (Å²) in [5.41, 5.74) is -3.34. The third-order valence-electron chi connectivity index (χ3n) is 4.35. The quantitative estimate of drug-likeness (QED) is 0.566. The molecule has 2 aromatic carbocycles. The highest BCUT2D eigenvalue weighted by atomic mass is 19.4. The molecule has 2 N–H and O–H groups in total. The highest BCUT2D eigenvalue weighted by Crippen LogP contribution is 2.30. The average Bonchev–Trinajstić information content (AvgIpc) is 2.74. The molecule has 3 aromatic rings. The molecule has 12 heteroatoms. The predicted molar refractivity (Wildman–Crippen MR) is 107 cm³/mol. The number of halogens is 4. The number of hydrogen-bond donors (Lipinski definition) is 2. The fourth-order valence-corrected chi connectivity index (χ4v) is 2.80. The molecule has 0 aliphatic heterocycles. The zero-order chi connectivity index (χ0) is 24.3. The summed E-state index contributed by atoms with van der Waals surface area (Å²) in [6.45, 7) is 0.0460. The Labute approximate surface area is 182 Å². The molecule has 0 saturated carbocycles. The monoisotopic (exact) mass is 462 g/mol. The van der Waals surface area contributed by atoms with Gasteiger partial charge in [0.15, 0.2) is 0 Å². The van der Waals surface area contributed by atoms with E-state index in [1.54, 1.807) is 37.3 Å². The molecule has 0 aliphatic rings. The van der Waals surface area contributed by atoms with Crippen molar-refractivity contribution < 1.29 is 27.1 Å². The first-order valence-corrected chi connectivity index (χ1v) is 9.19. The van der Waals surface area contributed by atoms with Crippen LogP contribution in [0.2, 0.25) is 0 Å². The van der Waals surface area contributed by atoms with Crippen LogP contribution >= 0.6 is 0 Å². The van der Waals surface area contributed by atoms with Crippen LogP contribution in [0.3, 0.4) is 0 Å². The van der Waals surface area contributed by atoms with E-state index in [4.69, 9.17) is 4.74 Å². The molecule has 3 rings (SSSR count). The smallest absolute Gasteiger partial charge is 0.405 e. The van der Waals surface area contributed by atoms with Crippen LogP contribution in [-0.2, 0) is 0 Å². The van der Waals surface area contributed by atoms with Crippen LogP contribution in [-0.4, -0.2) is 28.2 Å². The Morgan fingerprint density at radius 1 is 1.18 bits per heavy atom. The number of alkyl halides is 3. The van der Waals surface area contributed by atoms with Gasteiger partial charge in [0.25, 0.3) is 11.5 Å². The van der Waals surface area contributed by atoms with Crippen LogP contribution < -0.4 is 21.3 Å². The molecule has 1 heterocycles. The van der Waals surface area contributed by atoms with Crippen LogP contribution in [0.15, 0.2) is 52.1 Å². The van der Waals surface area contributed by atoms with Crippen molar-refractivity contribution in [3.8, 4) is 23.3 Å². The van der Waals surface area contributed by atoms with E-state index in [0.29, 0.717) is 21.9 Å². The number of amides is 1. The summed E-state index contributed by atoms with van der Waals surface area (Å²) in [6, 6.07) is 10.7. The van der Waals surface area contributed by atoms with E-state index in [1.165, 1.54) is 5.32 Å². The summed E-state index contributed by atoms with van der Waals surface area (Å²) < 4.78 is 57.5. The van der Waals surface area contributed by atoms with E-state index in [-0.39, 0.29) is 11.3 Å². The van der Waals surface area contributed by atoms with Crippen molar-refractivity contribution in [3.05, 3.63) is 85.9 Å². The number of aryl methyl sites for hydroxylation is 1. The summed E-state index contributed by atoms with van der Waals surface area (Å²) in [6.07, 6.45) is -4.70. The molecule has 0 bridgehead atoms. The Hall–Kier alpha value is -4.40. The Bertz CT molecular complexity index is 1360. The van der Waals surface area contributed by atoms with Crippen LogP contribution in [0.4, 0.5) is 17.6 Å². The summed E-state index contributed by atoms with van der Waals surface area (Å²) in [7, 11) is 0. The maximum Gasteiger partial charge on any atom is 0.405 e. The number of H-pyrrole nitrogens is 1. The SMILES string of the molecule is Cc1ccccc1Oc1cc(-n2c(=O)cc(C(=O)NCC(F)(F)F)[nH]c2=O)c(F)cc1C#N. The average molecular weight is 462 g/mol. The minimum Gasteiger partial charge on any atom is -0.456 e. The molecule has 170 valence electrons. The topological polar surface area (TPSA) is 117 Å². The number of hydrogen-bond acceptors (Lipinski definition) is 5. The third kappa shape index (κ3) is 5.27. The zero-order valence-electron chi connectivity index (χ0n) is 16.8. The second kappa shape index (κ2) is 8.99. The summed E-state index contributed by atoms with van der Waals surface area (Å²) in [5, 5.41) is 10.8. The fraction of sp³-hybridized carbons (Fsp3) is 0.143. The first-order valence-electron chi connectivity index (χ1n) is 9.19.